The molecule has 0 saturated carbocycles. The van der Waals surface area contributed by atoms with E-state index in [0.717, 1.165) is 4.90 Å². The second-order valence-corrected chi connectivity index (χ2v) is 3.54. The Kier molecular flexibility index (Phi) is 4.66. The summed E-state index contributed by atoms with van der Waals surface area (Å²) in [6.45, 7) is 1.73. The molecule has 3 amide bonds. The normalized spacial score (nSPS) is 11.7. The minimum absolute atomic E-state index is 0.395. The highest BCUT2D eigenvalue weighted by Gasteiger charge is 2.22. The molecule has 0 fully saturated rings. The average molecular weight is 236 g/mol. The number of benzene rings is 1. The summed E-state index contributed by atoms with van der Waals surface area (Å²) in [5.74, 6) is 0. The van der Waals surface area contributed by atoms with Crippen molar-refractivity contribution >= 4 is 18.1 Å². The number of ether oxygens (including phenoxy) is 1. The lowest BCUT2D eigenvalue weighted by molar-refractivity contribution is -0.107. The largest absolute Gasteiger partial charge is 0.362 e. The number of rotatable bonds is 4. The van der Waals surface area contributed by atoms with E-state index in [1.54, 1.807) is 38.2 Å². The fourth-order valence-corrected chi connectivity index (χ4v) is 1.29. The monoisotopic (exact) mass is 236 g/mol. The predicted molar refractivity (Wildman–Crippen MR) is 64.6 cm³/mol. The van der Waals surface area contributed by atoms with Crippen LogP contribution in [0.4, 0.5) is 10.5 Å². The summed E-state index contributed by atoms with van der Waals surface area (Å²) in [6.07, 6.45) is 0.102. The molecular formula is C12H16N2O3. The molecule has 0 radical (unpaired) electrons. The second-order valence-electron chi connectivity index (χ2n) is 3.54. The van der Waals surface area contributed by atoms with E-state index in [4.69, 9.17) is 4.74 Å². The number of amides is 3. The van der Waals surface area contributed by atoms with Crippen LogP contribution in [0.2, 0.25) is 0 Å². The van der Waals surface area contributed by atoms with Gasteiger partial charge in [0.2, 0.25) is 6.41 Å². The van der Waals surface area contributed by atoms with Gasteiger partial charge in [-0.15, -0.1) is 0 Å². The molecule has 0 N–H and O–H groups in total. The topological polar surface area (TPSA) is 49.9 Å². The van der Waals surface area contributed by atoms with Crippen LogP contribution in [0.1, 0.15) is 6.92 Å². The van der Waals surface area contributed by atoms with Crippen LogP contribution in [0.5, 0.6) is 0 Å². The Balaban J connectivity index is 2.89. The smallest absolute Gasteiger partial charge is 0.332 e. The Morgan fingerprint density at radius 2 is 1.94 bits per heavy atom. The maximum absolute atomic E-state index is 12.0. The fraction of sp³-hybridized carbons (Fsp3) is 0.333. The van der Waals surface area contributed by atoms with Crippen LogP contribution >= 0.6 is 0 Å². The highest BCUT2D eigenvalue weighted by molar-refractivity contribution is 6.05. The average Bonchev–Trinajstić information content (AvgIpc) is 2.38. The van der Waals surface area contributed by atoms with Crippen LogP contribution in [0.25, 0.3) is 0 Å². The number of methoxy groups -OCH3 is 1. The third-order valence-corrected chi connectivity index (χ3v) is 2.53. The molecule has 0 aliphatic heterocycles. The zero-order valence-corrected chi connectivity index (χ0v) is 10.2. The molecule has 0 aliphatic rings. The molecule has 1 atom stereocenters. The Hall–Kier alpha value is -1.88. The Bertz CT molecular complexity index is 381. The van der Waals surface area contributed by atoms with Gasteiger partial charge in [0, 0.05) is 14.2 Å². The van der Waals surface area contributed by atoms with Crippen LogP contribution in [0.15, 0.2) is 30.3 Å². The van der Waals surface area contributed by atoms with Gasteiger partial charge in [0.1, 0.15) is 6.23 Å². The lowest BCUT2D eigenvalue weighted by Gasteiger charge is -2.27. The van der Waals surface area contributed by atoms with Gasteiger partial charge in [-0.3, -0.25) is 4.79 Å². The number of hydrogen-bond donors (Lipinski definition) is 0. The van der Waals surface area contributed by atoms with Crippen molar-refractivity contribution in [3.8, 4) is 0 Å². The molecule has 1 rings (SSSR count). The van der Waals surface area contributed by atoms with Crippen molar-refractivity contribution in [2.24, 2.45) is 0 Å². The Morgan fingerprint density at radius 1 is 1.35 bits per heavy atom. The zero-order valence-electron chi connectivity index (χ0n) is 10.2. The third kappa shape index (κ3) is 3.04. The van der Waals surface area contributed by atoms with E-state index in [-0.39, 0.29) is 0 Å². The maximum Gasteiger partial charge on any atom is 0.332 e. The van der Waals surface area contributed by atoms with Gasteiger partial charge in [-0.2, -0.15) is 0 Å². The molecule has 0 saturated heterocycles. The summed E-state index contributed by atoms with van der Waals surface area (Å²) < 4.78 is 5.03. The number of anilines is 1. The highest BCUT2D eigenvalue weighted by Crippen LogP contribution is 2.14. The number of hydrogen-bond acceptors (Lipinski definition) is 3. The van der Waals surface area contributed by atoms with Gasteiger partial charge in [-0.25, -0.2) is 9.69 Å². The van der Waals surface area contributed by atoms with Crippen molar-refractivity contribution < 1.29 is 14.3 Å². The van der Waals surface area contributed by atoms with E-state index < -0.39 is 12.3 Å². The van der Waals surface area contributed by atoms with Crippen LogP contribution in [-0.4, -0.2) is 37.7 Å². The number of urea groups is 1. The minimum Gasteiger partial charge on any atom is -0.362 e. The van der Waals surface area contributed by atoms with Gasteiger partial charge in [0.25, 0.3) is 0 Å². The third-order valence-electron chi connectivity index (χ3n) is 2.53. The van der Waals surface area contributed by atoms with Crippen molar-refractivity contribution in [2.45, 2.75) is 13.2 Å². The molecule has 0 spiro atoms. The van der Waals surface area contributed by atoms with E-state index in [1.807, 2.05) is 6.07 Å². The molecule has 17 heavy (non-hydrogen) atoms. The molecule has 0 heterocycles. The van der Waals surface area contributed by atoms with Crippen LogP contribution < -0.4 is 4.90 Å². The van der Waals surface area contributed by atoms with E-state index in [0.29, 0.717) is 12.1 Å². The van der Waals surface area contributed by atoms with Gasteiger partial charge >= 0.3 is 6.03 Å². The summed E-state index contributed by atoms with van der Waals surface area (Å²) in [6, 6.07) is 8.30. The molecular weight excluding hydrogens is 220 g/mol. The first-order valence-corrected chi connectivity index (χ1v) is 5.21. The number of carbonyl (C=O) groups excluding carboxylic acids is 2. The number of para-hydroxylation sites is 1. The predicted octanol–water partition coefficient (Wildman–Crippen LogP) is 1.69. The van der Waals surface area contributed by atoms with Gasteiger partial charge in [-0.05, 0) is 19.1 Å². The Morgan fingerprint density at radius 3 is 2.41 bits per heavy atom. The van der Waals surface area contributed by atoms with Crippen molar-refractivity contribution in [1.29, 1.82) is 0 Å². The van der Waals surface area contributed by atoms with E-state index in [2.05, 4.69) is 0 Å². The highest BCUT2D eigenvalue weighted by atomic mass is 16.5. The lowest BCUT2D eigenvalue weighted by Crippen LogP contribution is -2.45. The number of carbonyl (C=O) groups is 2. The van der Waals surface area contributed by atoms with E-state index >= 15 is 0 Å². The molecule has 1 unspecified atom stereocenters. The molecule has 0 aromatic heterocycles. The molecule has 5 nitrogen and oxygen atoms in total. The first-order valence-electron chi connectivity index (χ1n) is 5.21. The summed E-state index contributed by atoms with van der Waals surface area (Å²) in [4.78, 5) is 25.4. The second kappa shape index (κ2) is 6.00. The van der Waals surface area contributed by atoms with Crippen LogP contribution in [0, 0.1) is 0 Å². The maximum atomic E-state index is 12.0. The van der Waals surface area contributed by atoms with Crippen molar-refractivity contribution in [3.63, 3.8) is 0 Å². The Labute approximate surface area is 101 Å². The summed E-state index contributed by atoms with van der Waals surface area (Å²) >= 11 is 0. The SMILES string of the molecule is COC(C)N(C)C(=O)N(C=O)c1ccccc1. The van der Waals surface area contributed by atoms with Crippen molar-refractivity contribution in [1.82, 2.24) is 4.90 Å². The first kappa shape index (κ1) is 13.2. The van der Waals surface area contributed by atoms with Crippen molar-refractivity contribution in [2.75, 3.05) is 19.1 Å². The molecule has 0 bridgehead atoms. The standard InChI is InChI=1S/C12H16N2O3/c1-10(17-3)13(2)12(16)14(9-15)11-7-5-4-6-8-11/h4-10H,1-3H3. The molecule has 5 heteroatoms. The van der Waals surface area contributed by atoms with Gasteiger partial charge in [0.05, 0.1) is 5.69 Å². The van der Waals surface area contributed by atoms with Crippen LogP contribution in [-0.2, 0) is 9.53 Å². The summed E-state index contributed by atoms with van der Waals surface area (Å²) in [5.41, 5.74) is 0.530. The van der Waals surface area contributed by atoms with E-state index in [9.17, 15) is 9.59 Å². The molecule has 92 valence electrons. The number of imide groups is 1. The lowest BCUT2D eigenvalue weighted by atomic mass is 10.3. The molecule has 1 aromatic rings. The van der Waals surface area contributed by atoms with E-state index in [1.165, 1.54) is 12.0 Å². The zero-order chi connectivity index (χ0) is 12.8. The minimum atomic E-state index is -0.430. The number of nitrogens with zero attached hydrogens (tertiary/aromatic N) is 2. The summed E-state index contributed by atoms with van der Waals surface area (Å²) in [7, 11) is 3.08. The van der Waals surface area contributed by atoms with Gasteiger partial charge in [0.15, 0.2) is 0 Å². The molecule has 1 aromatic carbocycles. The van der Waals surface area contributed by atoms with Crippen LogP contribution in [0.3, 0.4) is 0 Å². The van der Waals surface area contributed by atoms with Gasteiger partial charge < -0.3 is 9.64 Å². The quantitative estimate of drug-likeness (QED) is 0.590. The fourth-order valence-electron chi connectivity index (χ4n) is 1.29. The molecule has 0 aliphatic carbocycles. The first-order chi connectivity index (χ1) is 8.11. The summed E-state index contributed by atoms with van der Waals surface area (Å²) in [5, 5.41) is 0. The van der Waals surface area contributed by atoms with Gasteiger partial charge in [-0.1, -0.05) is 18.2 Å². The van der Waals surface area contributed by atoms with Crippen molar-refractivity contribution in [3.05, 3.63) is 30.3 Å².